The maximum Gasteiger partial charge on any atom is 0.307 e. The summed E-state index contributed by atoms with van der Waals surface area (Å²) in [6, 6.07) is 0. The molecular weight excluding hydrogens is 186 g/mol. The van der Waals surface area contributed by atoms with Crippen LogP contribution in [0.3, 0.4) is 0 Å². The number of hydrogen-bond donors (Lipinski definition) is 1. The predicted molar refractivity (Wildman–Crippen MR) is 50.4 cm³/mol. The summed E-state index contributed by atoms with van der Waals surface area (Å²) < 4.78 is 1.00. The molecule has 0 aromatic carbocycles. The van der Waals surface area contributed by atoms with E-state index >= 15 is 0 Å². The van der Waals surface area contributed by atoms with Crippen molar-refractivity contribution >= 4 is 11.9 Å². The molecule has 82 valence electrons. The van der Waals surface area contributed by atoms with Crippen molar-refractivity contribution in [1.82, 2.24) is 0 Å². The number of carboxylic acids is 2. The van der Waals surface area contributed by atoms with Gasteiger partial charge in [-0.05, 0) is 5.57 Å². The smallest absolute Gasteiger partial charge is 0.307 e. The summed E-state index contributed by atoms with van der Waals surface area (Å²) >= 11 is 0. The van der Waals surface area contributed by atoms with E-state index in [1.165, 1.54) is 0 Å². The fourth-order valence-electron chi connectivity index (χ4n) is 0.255. The van der Waals surface area contributed by atoms with Gasteiger partial charge in [0.2, 0.25) is 0 Å². The van der Waals surface area contributed by atoms with Crippen LogP contribution in [0.1, 0.15) is 6.42 Å². The van der Waals surface area contributed by atoms with Crippen LogP contribution in [0.4, 0.5) is 0 Å². The molecule has 0 saturated heterocycles. The zero-order valence-corrected chi connectivity index (χ0v) is 9.03. The van der Waals surface area contributed by atoms with Gasteiger partial charge in [-0.25, -0.2) is 0 Å². The molecule has 0 aliphatic rings. The first-order valence-corrected chi connectivity index (χ1v) is 3.94. The number of rotatable bonds is 3. The van der Waals surface area contributed by atoms with E-state index in [0.29, 0.717) is 0 Å². The highest BCUT2D eigenvalue weighted by Gasteiger charge is 2.00. The fraction of sp³-hybridized carbons (Fsp3) is 0.556. The molecule has 14 heavy (non-hydrogen) atoms. The van der Waals surface area contributed by atoms with Crippen LogP contribution in [0, 0.1) is 0 Å². The summed E-state index contributed by atoms with van der Waals surface area (Å²) in [4.78, 5) is 19.5. The van der Waals surface area contributed by atoms with Crippen LogP contribution in [0.15, 0.2) is 12.2 Å². The Balaban J connectivity index is 0. The summed E-state index contributed by atoms with van der Waals surface area (Å²) in [7, 11) is 8.50. The van der Waals surface area contributed by atoms with Crippen LogP contribution < -0.4 is 5.11 Å². The molecule has 5 heteroatoms. The minimum Gasteiger partial charge on any atom is -0.545 e. The third-order valence-electron chi connectivity index (χ3n) is 0.653. The molecule has 0 heterocycles. The summed E-state index contributed by atoms with van der Waals surface area (Å²) in [5, 5.41) is 17.7. The maximum atomic E-state index is 9.76. The summed E-state index contributed by atoms with van der Waals surface area (Å²) in [5.74, 6) is -2.73. The number of quaternary nitrogens is 1. The van der Waals surface area contributed by atoms with Crippen LogP contribution >= 0.6 is 0 Å². The van der Waals surface area contributed by atoms with Gasteiger partial charge in [0, 0.05) is 0 Å². The molecule has 1 N–H and O–H groups in total. The number of carboxylic acid groups (broad SMARTS) is 2. The Labute approximate surface area is 83.9 Å². The van der Waals surface area contributed by atoms with Gasteiger partial charge in [-0.15, -0.1) is 0 Å². The monoisotopic (exact) mass is 203 g/mol. The van der Waals surface area contributed by atoms with E-state index in [-0.39, 0.29) is 0 Å². The van der Waals surface area contributed by atoms with Gasteiger partial charge >= 0.3 is 5.97 Å². The summed E-state index contributed by atoms with van der Waals surface area (Å²) in [6.07, 6.45) is -0.567. The van der Waals surface area contributed by atoms with E-state index in [9.17, 15) is 14.7 Å². The third kappa shape index (κ3) is 22.4. The van der Waals surface area contributed by atoms with Gasteiger partial charge in [0.25, 0.3) is 0 Å². The molecule has 5 nitrogen and oxygen atoms in total. The lowest BCUT2D eigenvalue weighted by Gasteiger charge is -2.14. The van der Waals surface area contributed by atoms with E-state index in [4.69, 9.17) is 5.11 Å². The van der Waals surface area contributed by atoms with Gasteiger partial charge in [-0.3, -0.25) is 4.79 Å². The Morgan fingerprint density at radius 1 is 1.29 bits per heavy atom. The second kappa shape index (κ2) is 6.15. The Morgan fingerprint density at radius 3 is 1.64 bits per heavy atom. The summed E-state index contributed by atoms with van der Waals surface area (Å²) in [6.45, 7) is 2.95. The first kappa shape index (κ1) is 15.1. The second-order valence-electron chi connectivity index (χ2n) is 4.14. The van der Waals surface area contributed by atoms with Crippen LogP contribution in [0.2, 0.25) is 0 Å². The minimum atomic E-state index is -1.52. The molecule has 0 fully saturated rings. The molecule has 0 aromatic heterocycles. The molecule has 0 bridgehead atoms. The molecule has 0 atom stereocenters. The zero-order chi connectivity index (χ0) is 11.9. The topological polar surface area (TPSA) is 77.4 Å². The van der Waals surface area contributed by atoms with Crippen LogP contribution in [-0.4, -0.2) is 49.7 Å². The average Bonchev–Trinajstić information content (AvgIpc) is 1.80. The first-order valence-electron chi connectivity index (χ1n) is 3.94. The number of aliphatic carboxylic acids is 2. The number of carbonyl (C=O) groups excluding carboxylic acids is 1. The van der Waals surface area contributed by atoms with E-state index in [1.807, 2.05) is 0 Å². The van der Waals surface area contributed by atoms with E-state index < -0.39 is 23.9 Å². The number of hydrogen-bond acceptors (Lipinski definition) is 3. The van der Waals surface area contributed by atoms with Gasteiger partial charge in [-0.1, -0.05) is 6.58 Å². The average molecular weight is 203 g/mol. The van der Waals surface area contributed by atoms with E-state index in [1.54, 1.807) is 0 Å². The quantitative estimate of drug-likeness (QED) is 0.476. The van der Waals surface area contributed by atoms with E-state index in [0.717, 1.165) is 4.48 Å². The Kier molecular flexibility index (Phi) is 6.64. The van der Waals surface area contributed by atoms with Crippen molar-refractivity contribution in [1.29, 1.82) is 0 Å². The fourth-order valence-corrected chi connectivity index (χ4v) is 0.255. The molecule has 0 spiro atoms. The van der Waals surface area contributed by atoms with Crippen LogP contribution in [0.25, 0.3) is 0 Å². The first-order chi connectivity index (χ1) is 6.04. The highest BCUT2D eigenvalue weighted by molar-refractivity contribution is 5.89. The molecule has 0 unspecified atom stereocenters. The van der Waals surface area contributed by atoms with Crippen LogP contribution in [0.5, 0.6) is 0 Å². The maximum absolute atomic E-state index is 9.76. The highest BCUT2D eigenvalue weighted by atomic mass is 16.4. The second-order valence-corrected chi connectivity index (χ2v) is 4.14. The van der Waals surface area contributed by atoms with Gasteiger partial charge in [0.15, 0.2) is 0 Å². The van der Waals surface area contributed by atoms with Crippen molar-refractivity contribution in [2.75, 3.05) is 28.2 Å². The van der Waals surface area contributed by atoms with Crippen molar-refractivity contribution in [2.24, 2.45) is 0 Å². The van der Waals surface area contributed by atoms with Crippen LogP contribution in [-0.2, 0) is 9.59 Å². The third-order valence-corrected chi connectivity index (χ3v) is 0.653. The molecular formula is C9H17NO4. The minimum absolute atomic E-state index is 0.414. The predicted octanol–water partition coefficient (Wildman–Crippen LogP) is -0.910. The van der Waals surface area contributed by atoms with Crippen molar-refractivity contribution < 1.29 is 24.3 Å². The lowest BCUT2D eigenvalue weighted by molar-refractivity contribution is -0.849. The lowest BCUT2D eigenvalue weighted by Crippen LogP contribution is -2.27. The molecule has 0 amide bonds. The molecule has 0 saturated carbocycles. The SMILES string of the molecule is C=C(CC(=O)O)C(=O)[O-].C[N+](C)(C)C. The standard InChI is InChI=1S/C5H6O4.C4H12N/c1-3(5(8)9)2-4(6)7;1-5(2,3)4/h1-2H2,(H,6,7)(H,8,9);1-4H3/q;+1/p-1. The van der Waals surface area contributed by atoms with Gasteiger partial charge in [0.1, 0.15) is 0 Å². The van der Waals surface area contributed by atoms with Crippen molar-refractivity contribution in [3.8, 4) is 0 Å². The molecule has 0 aliphatic heterocycles. The van der Waals surface area contributed by atoms with Gasteiger partial charge in [0.05, 0.1) is 40.6 Å². The number of nitrogens with zero attached hydrogens (tertiary/aromatic N) is 1. The Hall–Kier alpha value is -1.36. The van der Waals surface area contributed by atoms with Gasteiger partial charge in [-0.2, -0.15) is 0 Å². The molecule has 0 rings (SSSR count). The van der Waals surface area contributed by atoms with Crippen molar-refractivity contribution in [3.05, 3.63) is 12.2 Å². The normalized spacial score (nSPS) is 9.71. The largest absolute Gasteiger partial charge is 0.545 e. The zero-order valence-electron chi connectivity index (χ0n) is 9.03. The molecule has 0 radical (unpaired) electrons. The van der Waals surface area contributed by atoms with E-state index in [2.05, 4.69) is 34.8 Å². The summed E-state index contributed by atoms with van der Waals surface area (Å²) in [5.41, 5.74) is -0.414. The number of carbonyl (C=O) groups is 2. The molecule has 0 aromatic rings. The molecule has 0 aliphatic carbocycles. The van der Waals surface area contributed by atoms with Crippen molar-refractivity contribution in [2.45, 2.75) is 6.42 Å². The van der Waals surface area contributed by atoms with Gasteiger partial charge < -0.3 is 19.5 Å². The highest BCUT2D eigenvalue weighted by Crippen LogP contribution is 1.93. The Bertz CT molecular complexity index is 221. The van der Waals surface area contributed by atoms with Crippen molar-refractivity contribution in [3.63, 3.8) is 0 Å². The lowest BCUT2D eigenvalue weighted by atomic mass is 10.2. The Morgan fingerprint density at radius 2 is 1.57 bits per heavy atom.